The second-order valence-electron chi connectivity index (χ2n) is 5.76. The molecule has 0 aromatic heterocycles. The summed E-state index contributed by atoms with van der Waals surface area (Å²) in [7, 11) is 0. The number of unbranched alkanes of at least 4 members (excludes halogenated alkanes) is 4. The normalized spacial score (nSPS) is 16.4. The van der Waals surface area contributed by atoms with Crippen molar-refractivity contribution in [2.45, 2.75) is 91.7 Å². The second-order valence-corrected chi connectivity index (χ2v) is 5.76. The smallest absolute Gasteiger partial charge is 0.450 e. The van der Waals surface area contributed by atoms with Crippen LogP contribution in [0.3, 0.4) is 0 Å². The minimum atomic E-state index is -1.79. The molecule has 1 N–H and O–H groups in total. The van der Waals surface area contributed by atoms with Gasteiger partial charge in [0.25, 0.3) is 0 Å². The number of hydrogen-bond acceptors (Lipinski definition) is 6. The van der Waals surface area contributed by atoms with Gasteiger partial charge < -0.3 is 19.3 Å². The molecule has 0 aliphatic rings. The molecule has 0 aliphatic heterocycles. The van der Waals surface area contributed by atoms with Gasteiger partial charge in [0.15, 0.2) is 12.6 Å². The lowest BCUT2D eigenvalue weighted by atomic mass is 10.3. The zero-order valence-corrected chi connectivity index (χ0v) is 15.7. The molecule has 0 bridgehead atoms. The first-order valence-electron chi connectivity index (χ1n) is 8.83. The van der Waals surface area contributed by atoms with Crippen LogP contribution < -0.4 is 0 Å². The first-order valence-corrected chi connectivity index (χ1v) is 8.83. The molecule has 0 fully saturated rings. The molecule has 0 saturated heterocycles. The van der Waals surface area contributed by atoms with Crippen molar-refractivity contribution in [3.63, 3.8) is 0 Å². The van der Waals surface area contributed by atoms with E-state index in [1.54, 1.807) is 13.8 Å². The molecule has 0 heterocycles. The Kier molecular flexibility index (Phi) is 12.9. The van der Waals surface area contributed by atoms with E-state index in [0.29, 0.717) is 13.2 Å². The largest absolute Gasteiger partial charge is 0.510 e. The molecule has 7 heteroatoms. The average Bonchev–Trinajstić information content (AvgIpc) is 2.46. The molecule has 2 atom stereocenters. The van der Waals surface area contributed by atoms with Gasteiger partial charge in [0.05, 0.1) is 0 Å². The predicted octanol–water partition coefficient (Wildman–Crippen LogP) is 4.49. The molecular weight excluding hydrogens is 316 g/mol. The van der Waals surface area contributed by atoms with Gasteiger partial charge in [0.1, 0.15) is 0 Å². The maximum Gasteiger partial charge on any atom is 0.510 e. The molecule has 0 amide bonds. The number of carbonyl (C=O) groups is 1. The fourth-order valence-corrected chi connectivity index (χ4v) is 2.11. The lowest BCUT2D eigenvalue weighted by molar-refractivity contribution is -0.420. The molecule has 7 nitrogen and oxygen atoms in total. The van der Waals surface area contributed by atoms with Crippen molar-refractivity contribution in [1.82, 2.24) is 0 Å². The van der Waals surface area contributed by atoms with Crippen LogP contribution in [0.5, 0.6) is 0 Å². The van der Waals surface area contributed by atoms with Gasteiger partial charge in [-0.25, -0.2) is 4.79 Å². The molecule has 0 rings (SSSR count). The minimum absolute atomic E-state index is 0.529. The van der Waals surface area contributed by atoms with Gasteiger partial charge in [0, 0.05) is 20.1 Å². The van der Waals surface area contributed by atoms with Crippen molar-refractivity contribution in [2.75, 3.05) is 13.2 Å². The molecule has 0 radical (unpaired) electrons. The van der Waals surface area contributed by atoms with Crippen LogP contribution in [0.25, 0.3) is 0 Å². The van der Waals surface area contributed by atoms with E-state index in [4.69, 9.17) is 28.8 Å². The Morgan fingerprint density at radius 1 is 0.917 bits per heavy atom. The fourth-order valence-electron chi connectivity index (χ4n) is 2.11. The Balaban J connectivity index is 4.39. The van der Waals surface area contributed by atoms with Crippen molar-refractivity contribution < 1.29 is 33.6 Å². The summed E-state index contributed by atoms with van der Waals surface area (Å²) in [6.07, 6.45) is 3.31. The standard InChI is InChI=1S/C17H34O7/c1-6-8-10-12-20-14(3)22-17(5,24-16(18)19)23-15(4)21-13-11-9-7-2/h14-15H,6-13H2,1-5H3,(H,18,19). The molecule has 0 aromatic rings. The van der Waals surface area contributed by atoms with Crippen molar-refractivity contribution in [2.24, 2.45) is 0 Å². The molecule has 24 heavy (non-hydrogen) atoms. The summed E-state index contributed by atoms with van der Waals surface area (Å²) in [6.45, 7) is 10.00. The summed E-state index contributed by atoms with van der Waals surface area (Å²) in [5, 5.41) is 8.90. The van der Waals surface area contributed by atoms with Crippen LogP contribution in [0, 0.1) is 0 Å². The Labute approximate surface area is 145 Å². The quantitative estimate of drug-likeness (QED) is 0.264. The third kappa shape index (κ3) is 12.5. The van der Waals surface area contributed by atoms with Crippen LogP contribution in [0.4, 0.5) is 4.79 Å². The van der Waals surface area contributed by atoms with Crippen LogP contribution in [-0.4, -0.2) is 43.0 Å². The summed E-state index contributed by atoms with van der Waals surface area (Å²) in [5.74, 6) is -1.79. The van der Waals surface area contributed by atoms with Crippen LogP contribution >= 0.6 is 0 Å². The van der Waals surface area contributed by atoms with Gasteiger partial charge >= 0.3 is 12.1 Å². The van der Waals surface area contributed by atoms with Crippen molar-refractivity contribution in [3.05, 3.63) is 0 Å². The van der Waals surface area contributed by atoms with E-state index >= 15 is 0 Å². The summed E-state index contributed by atoms with van der Waals surface area (Å²) in [6, 6.07) is 0. The van der Waals surface area contributed by atoms with Gasteiger partial charge in [-0.1, -0.05) is 39.5 Å². The minimum Gasteiger partial charge on any atom is -0.450 e. The SMILES string of the molecule is CCCCCOC(C)OC(C)(OC(=O)O)OC(C)OCCCCC. The lowest BCUT2D eigenvalue weighted by Gasteiger charge is -2.32. The summed E-state index contributed by atoms with van der Waals surface area (Å²) < 4.78 is 26.7. The number of carboxylic acid groups (broad SMARTS) is 1. The maximum absolute atomic E-state index is 10.9. The lowest BCUT2D eigenvalue weighted by Crippen LogP contribution is -2.43. The molecule has 0 aliphatic carbocycles. The number of hydrogen-bond donors (Lipinski definition) is 1. The van der Waals surface area contributed by atoms with E-state index in [-0.39, 0.29) is 0 Å². The Bertz CT molecular complexity index is 302. The summed E-state index contributed by atoms with van der Waals surface area (Å²) in [4.78, 5) is 10.9. The topological polar surface area (TPSA) is 83.5 Å². The van der Waals surface area contributed by atoms with E-state index in [9.17, 15) is 4.79 Å². The van der Waals surface area contributed by atoms with Gasteiger partial charge in [-0.05, 0) is 26.7 Å². The van der Waals surface area contributed by atoms with E-state index in [1.165, 1.54) is 6.92 Å². The van der Waals surface area contributed by atoms with Crippen LogP contribution in [0.2, 0.25) is 0 Å². The molecule has 2 unspecified atom stereocenters. The monoisotopic (exact) mass is 350 g/mol. The Morgan fingerprint density at radius 3 is 1.67 bits per heavy atom. The van der Waals surface area contributed by atoms with E-state index in [0.717, 1.165) is 38.5 Å². The van der Waals surface area contributed by atoms with Crippen LogP contribution in [-0.2, 0) is 23.7 Å². The van der Waals surface area contributed by atoms with Crippen molar-refractivity contribution in [1.29, 1.82) is 0 Å². The Morgan fingerprint density at radius 2 is 1.33 bits per heavy atom. The third-order valence-electron chi connectivity index (χ3n) is 3.23. The van der Waals surface area contributed by atoms with Gasteiger partial charge in [-0.15, -0.1) is 0 Å². The molecule has 0 spiro atoms. The second kappa shape index (κ2) is 13.4. The summed E-state index contributed by atoms with van der Waals surface area (Å²) in [5.41, 5.74) is 0. The molecule has 0 aromatic carbocycles. The van der Waals surface area contributed by atoms with Crippen LogP contribution in [0.1, 0.15) is 73.1 Å². The van der Waals surface area contributed by atoms with Crippen LogP contribution in [0.15, 0.2) is 0 Å². The average molecular weight is 350 g/mol. The molecule has 0 saturated carbocycles. The van der Waals surface area contributed by atoms with Gasteiger partial charge in [-0.2, -0.15) is 0 Å². The molecule has 144 valence electrons. The zero-order valence-electron chi connectivity index (χ0n) is 15.7. The van der Waals surface area contributed by atoms with E-state index < -0.39 is 24.7 Å². The van der Waals surface area contributed by atoms with Gasteiger partial charge in [-0.3, -0.25) is 9.47 Å². The highest BCUT2D eigenvalue weighted by molar-refractivity contribution is 5.57. The van der Waals surface area contributed by atoms with E-state index in [1.807, 2.05) is 0 Å². The summed E-state index contributed by atoms with van der Waals surface area (Å²) >= 11 is 0. The van der Waals surface area contributed by atoms with Crippen molar-refractivity contribution >= 4 is 6.16 Å². The third-order valence-corrected chi connectivity index (χ3v) is 3.23. The van der Waals surface area contributed by atoms with E-state index in [2.05, 4.69) is 13.8 Å². The van der Waals surface area contributed by atoms with Gasteiger partial charge in [0.2, 0.25) is 0 Å². The maximum atomic E-state index is 10.9. The fraction of sp³-hybridized carbons (Fsp3) is 0.941. The number of ether oxygens (including phenoxy) is 5. The predicted molar refractivity (Wildman–Crippen MR) is 89.6 cm³/mol. The Hall–Kier alpha value is -0.890. The first-order chi connectivity index (χ1) is 11.3. The van der Waals surface area contributed by atoms with Crippen molar-refractivity contribution in [3.8, 4) is 0 Å². The number of rotatable bonds is 15. The zero-order chi connectivity index (χ0) is 18.4. The highest BCUT2D eigenvalue weighted by Crippen LogP contribution is 2.21. The highest BCUT2D eigenvalue weighted by atomic mass is 16.9. The highest BCUT2D eigenvalue weighted by Gasteiger charge is 2.36. The first kappa shape index (κ1) is 23.1. The molecular formula is C17H34O7.